The van der Waals surface area contributed by atoms with Gasteiger partial charge >= 0.3 is 6.03 Å². The van der Waals surface area contributed by atoms with Crippen LogP contribution in [0, 0.1) is 21.4 Å². The number of rotatable bonds is 1. The molecule has 0 saturated carbocycles. The number of piperidine rings is 1. The molecule has 1 aromatic rings. The van der Waals surface area contributed by atoms with E-state index in [1.54, 1.807) is 6.07 Å². The van der Waals surface area contributed by atoms with Crippen LogP contribution in [0.2, 0.25) is 0 Å². The van der Waals surface area contributed by atoms with Crippen molar-refractivity contribution in [2.24, 2.45) is 11.3 Å². The fourth-order valence-corrected chi connectivity index (χ4v) is 4.65. The van der Waals surface area contributed by atoms with Crippen molar-refractivity contribution in [1.29, 1.82) is 0 Å². The van der Waals surface area contributed by atoms with Gasteiger partial charge in [-0.15, -0.1) is 0 Å². The highest BCUT2D eigenvalue weighted by molar-refractivity contribution is 6.20. The Morgan fingerprint density at radius 3 is 2.74 bits per heavy atom. The summed E-state index contributed by atoms with van der Waals surface area (Å²) in [7, 11) is 1.35. The first-order valence-corrected chi connectivity index (χ1v) is 8.93. The monoisotopic (exact) mass is 372 g/mol. The first kappa shape index (κ1) is 17.4. The minimum atomic E-state index is -1.46. The Labute approximate surface area is 155 Å². The summed E-state index contributed by atoms with van der Waals surface area (Å²) in [4.78, 5) is 51.8. The molecule has 3 atom stereocenters. The van der Waals surface area contributed by atoms with Gasteiger partial charge in [0.15, 0.2) is 5.41 Å². The molecule has 27 heavy (non-hydrogen) atoms. The fourth-order valence-electron chi connectivity index (χ4n) is 4.65. The molecule has 9 heteroatoms. The highest BCUT2D eigenvalue weighted by atomic mass is 16.6. The van der Waals surface area contributed by atoms with Crippen molar-refractivity contribution in [3.8, 4) is 0 Å². The number of nitro groups is 1. The predicted molar refractivity (Wildman–Crippen MR) is 95.1 cm³/mol. The van der Waals surface area contributed by atoms with Crippen LogP contribution in [0.1, 0.15) is 25.3 Å². The fraction of sp³-hybridized carbons (Fsp3) is 0.500. The van der Waals surface area contributed by atoms with Gasteiger partial charge in [-0.05, 0) is 30.4 Å². The number of nitrogens with one attached hydrogen (secondary N) is 1. The molecule has 1 spiro atoms. The third kappa shape index (κ3) is 2.34. The van der Waals surface area contributed by atoms with Crippen LogP contribution in [0.25, 0.3) is 0 Å². The molecule has 1 aromatic carbocycles. The Morgan fingerprint density at radius 2 is 2.04 bits per heavy atom. The van der Waals surface area contributed by atoms with Gasteiger partial charge in [0.1, 0.15) is 0 Å². The van der Waals surface area contributed by atoms with Gasteiger partial charge in [0.2, 0.25) is 11.8 Å². The van der Waals surface area contributed by atoms with E-state index in [-0.39, 0.29) is 12.1 Å². The quantitative estimate of drug-likeness (QED) is 0.453. The second-order valence-electron chi connectivity index (χ2n) is 7.68. The summed E-state index contributed by atoms with van der Waals surface area (Å²) in [6, 6.07) is 3.45. The molecule has 0 bridgehead atoms. The number of benzene rings is 1. The number of nitro benzene ring substituents is 1. The number of carbonyl (C=O) groups excluding carboxylic acids is 3. The zero-order valence-corrected chi connectivity index (χ0v) is 15.1. The minimum Gasteiger partial charge on any atom is -0.367 e. The summed E-state index contributed by atoms with van der Waals surface area (Å²) in [6.07, 6.45) is 1.57. The van der Waals surface area contributed by atoms with Crippen molar-refractivity contribution in [3.63, 3.8) is 0 Å². The maximum atomic E-state index is 13.2. The van der Waals surface area contributed by atoms with Gasteiger partial charge in [-0.25, -0.2) is 4.79 Å². The number of amides is 4. The van der Waals surface area contributed by atoms with Gasteiger partial charge in [-0.1, -0.05) is 6.92 Å². The van der Waals surface area contributed by atoms with Crippen molar-refractivity contribution in [3.05, 3.63) is 33.9 Å². The number of hydrogen-bond donors (Lipinski definition) is 1. The molecule has 3 aliphatic heterocycles. The molecule has 4 rings (SSSR count). The number of imide groups is 2. The lowest BCUT2D eigenvalue weighted by atomic mass is 9.65. The summed E-state index contributed by atoms with van der Waals surface area (Å²) in [5.74, 6) is -0.833. The zero-order chi connectivity index (χ0) is 19.5. The van der Waals surface area contributed by atoms with Crippen LogP contribution < -0.4 is 10.2 Å². The molecular formula is C18H20N4O5. The molecule has 2 fully saturated rings. The van der Waals surface area contributed by atoms with E-state index in [1.165, 1.54) is 19.2 Å². The van der Waals surface area contributed by atoms with Crippen molar-refractivity contribution in [1.82, 2.24) is 10.2 Å². The van der Waals surface area contributed by atoms with E-state index in [1.807, 2.05) is 4.90 Å². The number of carbonyl (C=O) groups is 3. The van der Waals surface area contributed by atoms with Crippen LogP contribution in [0.3, 0.4) is 0 Å². The molecule has 0 unspecified atom stereocenters. The second-order valence-corrected chi connectivity index (χ2v) is 7.68. The van der Waals surface area contributed by atoms with Crippen LogP contribution in [0.4, 0.5) is 16.2 Å². The Kier molecular flexibility index (Phi) is 3.72. The van der Waals surface area contributed by atoms with E-state index in [0.29, 0.717) is 24.4 Å². The number of barbiturate groups is 1. The normalized spacial score (nSPS) is 30.1. The lowest BCUT2D eigenvalue weighted by Crippen LogP contribution is -2.72. The Balaban J connectivity index is 1.90. The van der Waals surface area contributed by atoms with Crippen molar-refractivity contribution in [2.45, 2.75) is 32.2 Å². The molecule has 3 aliphatic rings. The lowest BCUT2D eigenvalue weighted by Gasteiger charge is -2.54. The molecule has 9 nitrogen and oxygen atoms in total. The average molecular weight is 372 g/mol. The van der Waals surface area contributed by atoms with Gasteiger partial charge in [0.05, 0.1) is 11.0 Å². The SMILES string of the molecule is C[C@@H]1CCN2c3ccc([N+](=O)[O-])cc3C[C@@]3(C(=O)NC(=O)N(C)C3=O)[C@@H]2C1. The lowest BCUT2D eigenvalue weighted by molar-refractivity contribution is -0.384. The Bertz CT molecular complexity index is 885. The summed E-state index contributed by atoms with van der Waals surface area (Å²) in [6.45, 7) is 2.73. The average Bonchev–Trinajstić information content (AvgIpc) is 2.64. The third-order valence-electron chi connectivity index (χ3n) is 6.10. The largest absolute Gasteiger partial charge is 0.367 e. The zero-order valence-electron chi connectivity index (χ0n) is 15.1. The maximum Gasteiger partial charge on any atom is 0.330 e. The standard InChI is InChI=1S/C18H20N4O5/c1-10-5-6-21-13-4-3-12(22(26)27)8-11(13)9-18(14(21)7-10)15(23)19-17(25)20(2)16(18)24/h3-4,8,10,14H,5-7,9H2,1-2H3,(H,19,23,25)/t10-,14+,18+/m1/s1. The summed E-state index contributed by atoms with van der Waals surface area (Å²) < 4.78 is 0. The van der Waals surface area contributed by atoms with E-state index < -0.39 is 34.2 Å². The molecule has 3 heterocycles. The van der Waals surface area contributed by atoms with Crippen LogP contribution in [0.5, 0.6) is 0 Å². The molecule has 0 aromatic heterocycles. The Morgan fingerprint density at radius 1 is 1.30 bits per heavy atom. The van der Waals surface area contributed by atoms with Crippen LogP contribution >= 0.6 is 0 Å². The number of nitrogens with zero attached hydrogens (tertiary/aromatic N) is 3. The topological polar surface area (TPSA) is 113 Å². The molecule has 4 amide bonds. The number of fused-ring (bicyclic) bond motifs is 4. The van der Waals surface area contributed by atoms with E-state index in [9.17, 15) is 24.5 Å². The number of urea groups is 1. The highest BCUT2D eigenvalue weighted by Gasteiger charge is 2.62. The van der Waals surface area contributed by atoms with Crippen molar-refractivity contribution < 1.29 is 19.3 Å². The van der Waals surface area contributed by atoms with E-state index in [4.69, 9.17) is 0 Å². The second kappa shape index (κ2) is 5.77. The minimum absolute atomic E-state index is 0.0419. The molecule has 0 radical (unpaired) electrons. The van der Waals surface area contributed by atoms with E-state index in [2.05, 4.69) is 12.2 Å². The molecule has 2 saturated heterocycles. The van der Waals surface area contributed by atoms with Gasteiger partial charge in [-0.3, -0.25) is 29.9 Å². The van der Waals surface area contributed by atoms with Crippen LogP contribution in [0.15, 0.2) is 18.2 Å². The number of hydrogen-bond acceptors (Lipinski definition) is 6. The number of non-ortho nitro benzene ring substituents is 1. The van der Waals surface area contributed by atoms with Gasteiger partial charge in [0, 0.05) is 37.8 Å². The smallest absolute Gasteiger partial charge is 0.330 e. The predicted octanol–water partition coefficient (Wildman–Crippen LogP) is 1.45. The Hall–Kier alpha value is -2.97. The highest BCUT2D eigenvalue weighted by Crippen LogP contribution is 2.48. The van der Waals surface area contributed by atoms with Gasteiger partial charge in [0.25, 0.3) is 5.69 Å². The van der Waals surface area contributed by atoms with Crippen LogP contribution in [-0.2, 0) is 16.0 Å². The first-order valence-electron chi connectivity index (χ1n) is 8.93. The van der Waals surface area contributed by atoms with Gasteiger partial charge < -0.3 is 4.90 Å². The third-order valence-corrected chi connectivity index (χ3v) is 6.10. The number of anilines is 1. The van der Waals surface area contributed by atoms with Crippen molar-refractivity contribution in [2.75, 3.05) is 18.5 Å². The molecule has 142 valence electrons. The van der Waals surface area contributed by atoms with Crippen molar-refractivity contribution >= 4 is 29.2 Å². The van der Waals surface area contributed by atoms with Gasteiger partial charge in [-0.2, -0.15) is 0 Å². The van der Waals surface area contributed by atoms with E-state index in [0.717, 1.165) is 17.0 Å². The summed E-state index contributed by atoms with van der Waals surface area (Å²) in [5.41, 5.74) is -0.134. The summed E-state index contributed by atoms with van der Waals surface area (Å²) in [5, 5.41) is 13.5. The molecule has 1 N–H and O–H groups in total. The van der Waals surface area contributed by atoms with E-state index >= 15 is 0 Å². The first-order chi connectivity index (χ1) is 12.8. The molecular weight excluding hydrogens is 352 g/mol. The molecule has 0 aliphatic carbocycles. The van der Waals surface area contributed by atoms with Crippen LogP contribution in [-0.4, -0.2) is 47.3 Å². The summed E-state index contributed by atoms with van der Waals surface area (Å²) >= 11 is 0. The maximum absolute atomic E-state index is 13.2.